The van der Waals surface area contributed by atoms with Gasteiger partial charge in [-0.15, -0.1) is 0 Å². The summed E-state index contributed by atoms with van der Waals surface area (Å²) in [7, 11) is 1.40. The third-order valence-electron chi connectivity index (χ3n) is 2.83. The standard InChI is InChI=1S/C14H21NO3S/c1-3-15-14(13(17)18-2,11-19-10-9-16)12-7-5-4-6-8-12/h4-8,15-16H,3,9-11H2,1-2H3. The van der Waals surface area contributed by atoms with Crippen LogP contribution in [0, 0.1) is 0 Å². The highest BCUT2D eigenvalue weighted by Gasteiger charge is 2.40. The second-order valence-corrected chi connectivity index (χ2v) is 5.17. The van der Waals surface area contributed by atoms with Crippen molar-refractivity contribution in [3.8, 4) is 0 Å². The van der Waals surface area contributed by atoms with Crippen molar-refractivity contribution in [3.63, 3.8) is 0 Å². The van der Waals surface area contributed by atoms with Crippen LogP contribution in [0.3, 0.4) is 0 Å². The van der Waals surface area contributed by atoms with Crippen molar-refractivity contribution in [2.24, 2.45) is 0 Å². The predicted octanol–water partition coefficient (Wildman–Crippen LogP) is 1.39. The molecule has 1 aromatic carbocycles. The van der Waals surface area contributed by atoms with Crippen LogP contribution in [0.15, 0.2) is 30.3 Å². The van der Waals surface area contributed by atoms with Crippen molar-refractivity contribution in [1.29, 1.82) is 0 Å². The van der Waals surface area contributed by atoms with Gasteiger partial charge >= 0.3 is 5.97 Å². The van der Waals surface area contributed by atoms with Crippen LogP contribution in [0.25, 0.3) is 0 Å². The van der Waals surface area contributed by atoms with E-state index in [0.717, 1.165) is 5.56 Å². The van der Waals surface area contributed by atoms with Gasteiger partial charge in [-0.25, -0.2) is 4.79 Å². The lowest BCUT2D eigenvalue weighted by Crippen LogP contribution is -2.52. The van der Waals surface area contributed by atoms with Gasteiger partial charge in [-0.2, -0.15) is 11.8 Å². The molecule has 1 aromatic rings. The Balaban J connectivity index is 3.07. The van der Waals surface area contributed by atoms with Gasteiger partial charge in [-0.05, 0) is 12.1 Å². The molecule has 0 aliphatic heterocycles. The van der Waals surface area contributed by atoms with E-state index in [1.165, 1.54) is 18.9 Å². The van der Waals surface area contributed by atoms with Crippen LogP contribution in [0.5, 0.6) is 0 Å². The Morgan fingerprint density at radius 3 is 2.63 bits per heavy atom. The number of nitrogens with one attached hydrogen (secondary N) is 1. The molecule has 0 radical (unpaired) electrons. The number of benzene rings is 1. The second kappa shape index (κ2) is 8.19. The largest absolute Gasteiger partial charge is 0.467 e. The molecule has 1 unspecified atom stereocenters. The van der Waals surface area contributed by atoms with Gasteiger partial charge in [0.2, 0.25) is 0 Å². The monoisotopic (exact) mass is 283 g/mol. The van der Waals surface area contributed by atoms with Crippen LogP contribution >= 0.6 is 11.8 Å². The second-order valence-electron chi connectivity index (χ2n) is 4.07. The van der Waals surface area contributed by atoms with E-state index in [4.69, 9.17) is 9.84 Å². The van der Waals surface area contributed by atoms with E-state index >= 15 is 0 Å². The molecule has 1 rings (SSSR count). The number of hydrogen-bond acceptors (Lipinski definition) is 5. The summed E-state index contributed by atoms with van der Waals surface area (Å²) in [6.07, 6.45) is 0. The van der Waals surface area contributed by atoms with Gasteiger partial charge in [-0.1, -0.05) is 37.3 Å². The Morgan fingerprint density at radius 1 is 1.42 bits per heavy atom. The first-order chi connectivity index (χ1) is 9.21. The molecule has 106 valence electrons. The third-order valence-corrected chi connectivity index (χ3v) is 3.94. The molecule has 0 amide bonds. The lowest BCUT2D eigenvalue weighted by Gasteiger charge is -2.32. The van der Waals surface area contributed by atoms with E-state index < -0.39 is 5.54 Å². The topological polar surface area (TPSA) is 58.6 Å². The minimum absolute atomic E-state index is 0.100. The van der Waals surface area contributed by atoms with Crippen molar-refractivity contribution in [2.45, 2.75) is 12.5 Å². The van der Waals surface area contributed by atoms with E-state index in [-0.39, 0.29) is 12.6 Å². The van der Waals surface area contributed by atoms with Crippen LogP contribution in [0.2, 0.25) is 0 Å². The molecular weight excluding hydrogens is 262 g/mol. The molecule has 4 nitrogen and oxygen atoms in total. The van der Waals surface area contributed by atoms with E-state index in [0.29, 0.717) is 18.1 Å². The smallest absolute Gasteiger partial charge is 0.331 e. The molecule has 0 aliphatic rings. The van der Waals surface area contributed by atoms with Gasteiger partial charge in [-0.3, -0.25) is 5.32 Å². The minimum Gasteiger partial charge on any atom is -0.467 e. The fourth-order valence-electron chi connectivity index (χ4n) is 1.97. The van der Waals surface area contributed by atoms with Crippen molar-refractivity contribution in [1.82, 2.24) is 5.32 Å². The number of likely N-dealkylation sites (N-methyl/N-ethyl adjacent to an activating group) is 1. The Kier molecular flexibility index (Phi) is 6.91. The van der Waals surface area contributed by atoms with E-state index in [9.17, 15) is 4.79 Å². The lowest BCUT2D eigenvalue weighted by atomic mass is 9.91. The molecule has 19 heavy (non-hydrogen) atoms. The van der Waals surface area contributed by atoms with Gasteiger partial charge in [0.1, 0.15) is 0 Å². The van der Waals surface area contributed by atoms with Gasteiger partial charge in [0.05, 0.1) is 13.7 Å². The SMILES string of the molecule is CCNC(CSCCO)(C(=O)OC)c1ccccc1. The number of esters is 1. The first kappa shape index (κ1) is 16.0. The maximum atomic E-state index is 12.3. The predicted molar refractivity (Wildman–Crippen MR) is 78.2 cm³/mol. The van der Waals surface area contributed by atoms with Crippen LogP contribution in [-0.4, -0.2) is 42.8 Å². The molecule has 1 atom stereocenters. The van der Waals surface area contributed by atoms with Gasteiger partial charge in [0.15, 0.2) is 5.54 Å². The molecule has 2 N–H and O–H groups in total. The maximum Gasteiger partial charge on any atom is 0.331 e. The third kappa shape index (κ3) is 3.96. The fraction of sp³-hybridized carbons (Fsp3) is 0.500. The van der Waals surface area contributed by atoms with Crippen molar-refractivity contribution < 1.29 is 14.6 Å². The number of rotatable bonds is 8. The zero-order chi connectivity index (χ0) is 14.1. The average molecular weight is 283 g/mol. The molecule has 0 fully saturated rings. The van der Waals surface area contributed by atoms with Gasteiger partial charge in [0.25, 0.3) is 0 Å². The highest BCUT2D eigenvalue weighted by Crippen LogP contribution is 2.27. The zero-order valence-electron chi connectivity index (χ0n) is 11.4. The van der Waals surface area contributed by atoms with Crippen molar-refractivity contribution in [3.05, 3.63) is 35.9 Å². The number of thioether (sulfide) groups is 1. The molecule has 0 spiro atoms. The Bertz CT molecular complexity index is 386. The number of aliphatic hydroxyl groups is 1. The molecule has 0 saturated carbocycles. The highest BCUT2D eigenvalue weighted by atomic mass is 32.2. The molecule has 0 aromatic heterocycles. The summed E-state index contributed by atoms with van der Waals surface area (Å²) in [5.74, 6) is 0.820. The number of ether oxygens (including phenoxy) is 1. The number of hydrogen-bond donors (Lipinski definition) is 2. The van der Waals surface area contributed by atoms with Gasteiger partial charge in [0, 0.05) is 11.5 Å². The Morgan fingerprint density at radius 2 is 2.11 bits per heavy atom. The summed E-state index contributed by atoms with van der Waals surface area (Å²) < 4.78 is 4.98. The zero-order valence-corrected chi connectivity index (χ0v) is 12.2. The van der Waals surface area contributed by atoms with E-state index in [1.807, 2.05) is 37.3 Å². The highest BCUT2D eigenvalue weighted by molar-refractivity contribution is 7.99. The summed E-state index contributed by atoms with van der Waals surface area (Å²) in [4.78, 5) is 12.3. The molecule has 0 aliphatic carbocycles. The summed E-state index contributed by atoms with van der Waals surface area (Å²) in [6, 6.07) is 9.55. The molecular formula is C14H21NO3S. The molecule has 0 heterocycles. The van der Waals surface area contributed by atoms with E-state index in [1.54, 1.807) is 0 Å². The number of aliphatic hydroxyl groups excluding tert-OH is 1. The quantitative estimate of drug-likeness (QED) is 0.558. The Labute approximate surface area is 118 Å². The first-order valence-corrected chi connectivity index (χ1v) is 7.44. The first-order valence-electron chi connectivity index (χ1n) is 6.28. The fourth-order valence-corrected chi connectivity index (χ4v) is 2.94. The van der Waals surface area contributed by atoms with Crippen LogP contribution in [0.1, 0.15) is 12.5 Å². The number of methoxy groups -OCH3 is 1. The number of carbonyl (C=O) groups is 1. The Hall–Kier alpha value is -1.04. The molecule has 0 bridgehead atoms. The summed E-state index contributed by atoms with van der Waals surface area (Å²) >= 11 is 1.53. The maximum absolute atomic E-state index is 12.3. The summed E-state index contributed by atoms with van der Waals surface area (Å²) in [5.41, 5.74) is 0.0269. The number of carbonyl (C=O) groups excluding carboxylic acids is 1. The van der Waals surface area contributed by atoms with Crippen molar-refractivity contribution >= 4 is 17.7 Å². The summed E-state index contributed by atoms with van der Waals surface area (Å²) in [6.45, 7) is 2.71. The molecule has 5 heteroatoms. The van der Waals surface area contributed by atoms with Gasteiger partial charge < -0.3 is 9.84 Å². The average Bonchev–Trinajstić information content (AvgIpc) is 2.46. The lowest BCUT2D eigenvalue weighted by molar-refractivity contribution is -0.148. The molecule has 0 saturated heterocycles. The van der Waals surface area contributed by atoms with Crippen LogP contribution < -0.4 is 5.32 Å². The normalized spacial score (nSPS) is 13.8. The van der Waals surface area contributed by atoms with Crippen LogP contribution in [-0.2, 0) is 15.1 Å². The van der Waals surface area contributed by atoms with E-state index in [2.05, 4.69) is 5.32 Å². The van der Waals surface area contributed by atoms with Crippen molar-refractivity contribution in [2.75, 3.05) is 31.8 Å². The summed E-state index contributed by atoms with van der Waals surface area (Å²) in [5, 5.41) is 12.1. The minimum atomic E-state index is -0.857. The van der Waals surface area contributed by atoms with Crippen LogP contribution in [0.4, 0.5) is 0 Å².